The summed E-state index contributed by atoms with van der Waals surface area (Å²) in [7, 11) is 0. The molecule has 0 saturated carbocycles. The Morgan fingerprint density at radius 2 is 1.81 bits per heavy atom. The van der Waals surface area contributed by atoms with Crippen LogP contribution in [0.2, 0.25) is 5.02 Å². The standard InChI is InChI=1S/C20H16ClN3O2/c1-12-17(20(26)24-13-7-3-2-4-8-13)18(15(11-22)19(25)23-12)14-9-5-6-10-16(14)21/h2-10,15,18H,1H3,(H,23,25)(H,24,26). The van der Waals surface area contributed by atoms with E-state index in [1.807, 2.05) is 24.3 Å². The monoisotopic (exact) mass is 365 g/mol. The van der Waals surface area contributed by atoms with Gasteiger partial charge in [-0.15, -0.1) is 0 Å². The number of hydrogen-bond donors (Lipinski definition) is 2. The Kier molecular flexibility index (Phi) is 5.06. The molecule has 2 unspecified atom stereocenters. The molecule has 0 fully saturated rings. The maximum atomic E-state index is 13.0. The maximum Gasteiger partial charge on any atom is 0.254 e. The lowest BCUT2D eigenvalue weighted by Crippen LogP contribution is -2.42. The molecular weight excluding hydrogens is 350 g/mol. The average Bonchev–Trinajstić information content (AvgIpc) is 2.62. The van der Waals surface area contributed by atoms with Crippen LogP contribution < -0.4 is 10.6 Å². The van der Waals surface area contributed by atoms with Crippen LogP contribution in [0.15, 0.2) is 65.9 Å². The van der Waals surface area contributed by atoms with E-state index in [1.165, 1.54) is 0 Å². The van der Waals surface area contributed by atoms with Crippen LogP contribution in [0, 0.1) is 17.2 Å². The number of hydrogen-bond acceptors (Lipinski definition) is 3. The second kappa shape index (κ2) is 7.42. The highest BCUT2D eigenvalue weighted by atomic mass is 35.5. The van der Waals surface area contributed by atoms with E-state index in [0.717, 1.165) is 0 Å². The summed E-state index contributed by atoms with van der Waals surface area (Å²) in [4.78, 5) is 25.3. The predicted molar refractivity (Wildman–Crippen MR) is 99.2 cm³/mol. The zero-order chi connectivity index (χ0) is 18.7. The molecule has 6 heteroatoms. The molecule has 2 aromatic rings. The molecule has 3 rings (SSSR count). The van der Waals surface area contributed by atoms with Crippen LogP contribution in [0.3, 0.4) is 0 Å². The normalized spacial score (nSPS) is 19.5. The Balaban J connectivity index is 2.08. The molecule has 0 saturated heterocycles. The average molecular weight is 366 g/mol. The Bertz CT molecular complexity index is 932. The Hall–Kier alpha value is -3.10. The highest BCUT2D eigenvalue weighted by molar-refractivity contribution is 6.31. The van der Waals surface area contributed by atoms with Crippen molar-refractivity contribution in [1.29, 1.82) is 5.26 Å². The zero-order valence-corrected chi connectivity index (χ0v) is 14.7. The summed E-state index contributed by atoms with van der Waals surface area (Å²) >= 11 is 6.31. The second-order valence-electron chi connectivity index (χ2n) is 5.95. The maximum absolute atomic E-state index is 13.0. The van der Waals surface area contributed by atoms with Crippen molar-refractivity contribution in [2.75, 3.05) is 5.32 Å². The van der Waals surface area contributed by atoms with Crippen LogP contribution in [-0.4, -0.2) is 11.8 Å². The van der Waals surface area contributed by atoms with E-state index >= 15 is 0 Å². The van der Waals surface area contributed by atoms with E-state index < -0.39 is 17.7 Å². The molecule has 5 nitrogen and oxygen atoms in total. The van der Waals surface area contributed by atoms with Gasteiger partial charge in [0.05, 0.1) is 6.07 Å². The zero-order valence-electron chi connectivity index (χ0n) is 14.0. The number of amides is 2. The number of para-hydroxylation sites is 1. The summed E-state index contributed by atoms with van der Waals surface area (Å²) in [5.41, 5.74) is 1.95. The second-order valence-corrected chi connectivity index (χ2v) is 6.36. The number of rotatable bonds is 3. The van der Waals surface area contributed by atoms with Crippen molar-refractivity contribution in [2.45, 2.75) is 12.8 Å². The lowest BCUT2D eigenvalue weighted by atomic mass is 9.77. The van der Waals surface area contributed by atoms with Crippen LogP contribution in [0.25, 0.3) is 0 Å². The molecule has 130 valence electrons. The van der Waals surface area contributed by atoms with Crippen LogP contribution in [-0.2, 0) is 9.59 Å². The fourth-order valence-electron chi connectivity index (χ4n) is 3.11. The van der Waals surface area contributed by atoms with Gasteiger partial charge >= 0.3 is 0 Å². The fourth-order valence-corrected chi connectivity index (χ4v) is 3.36. The molecule has 1 aliphatic heterocycles. The summed E-state index contributed by atoms with van der Waals surface area (Å²) in [5.74, 6) is -2.61. The van der Waals surface area contributed by atoms with E-state index in [0.29, 0.717) is 27.5 Å². The smallest absolute Gasteiger partial charge is 0.254 e. The third-order valence-electron chi connectivity index (χ3n) is 4.30. The van der Waals surface area contributed by atoms with Crippen LogP contribution >= 0.6 is 11.6 Å². The quantitative estimate of drug-likeness (QED) is 0.871. The van der Waals surface area contributed by atoms with Crippen molar-refractivity contribution in [3.63, 3.8) is 0 Å². The van der Waals surface area contributed by atoms with Crippen molar-refractivity contribution in [2.24, 2.45) is 5.92 Å². The number of nitrogens with zero attached hydrogens (tertiary/aromatic N) is 1. The topological polar surface area (TPSA) is 82.0 Å². The Labute approximate surface area is 156 Å². The van der Waals surface area contributed by atoms with Gasteiger partial charge in [0.2, 0.25) is 5.91 Å². The van der Waals surface area contributed by atoms with Gasteiger partial charge in [-0.3, -0.25) is 9.59 Å². The first kappa shape index (κ1) is 17.7. The van der Waals surface area contributed by atoms with E-state index in [9.17, 15) is 14.9 Å². The highest BCUT2D eigenvalue weighted by Crippen LogP contribution is 2.40. The number of allylic oxidation sites excluding steroid dienone is 1. The third-order valence-corrected chi connectivity index (χ3v) is 4.64. The number of nitriles is 1. The van der Waals surface area contributed by atoms with Gasteiger partial charge < -0.3 is 10.6 Å². The third kappa shape index (κ3) is 3.32. The Morgan fingerprint density at radius 1 is 1.15 bits per heavy atom. The first-order chi connectivity index (χ1) is 12.5. The molecule has 1 heterocycles. The molecule has 0 bridgehead atoms. The SMILES string of the molecule is CC1=C(C(=O)Nc2ccccc2)C(c2ccccc2Cl)C(C#N)C(=O)N1. The van der Waals surface area contributed by atoms with Gasteiger partial charge in [0.25, 0.3) is 5.91 Å². The van der Waals surface area contributed by atoms with E-state index in [4.69, 9.17) is 11.6 Å². The molecule has 2 atom stereocenters. The van der Waals surface area contributed by atoms with Gasteiger partial charge in [0.1, 0.15) is 5.92 Å². The molecule has 2 N–H and O–H groups in total. The first-order valence-corrected chi connectivity index (χ1v) is 8.42. The summed E-state index contributed by atoms with van der Waals surface area (Å²) in [6, 6.07) is 18.0. The van der Waals surface area contributed by atoms with Crippen molar-refractivity contribution in [3.05, 3.63) is 76.5 Å². The number of carbonyl (C=O) groups excluding carboxylic acids is 2. The molecule has 0 aromatic heterocycles. The van der Waals surface area contributed by atoms with Gasteiger partial charge in [0, 0.05) is 27.9 Å². The molecule has 0 spiro atoms. The van der Waals surface area contributed by atoms with Gasteiger partial charge in [0.15, 0.2) is 0 Å². The van der Waals surface area contributed by atoms with Crippen molar-refractivity contribution in [1.82, 2.24) is 5.32 Å². The van der Waals surface area contributed by atoms with E-state index in [1.54, 1.807) is 43.3 Å². The fraction of sp³-hybridized carbons (Fsp3) is 0.150. The number of carbonyl (C=O) groups is 2. The summed E-state index contributed by atoms with van der Waals surface area (Å²) in [5, 5.41) is 15.4. The van der Waals surface area contributed by atoms with E-state index in [-0.39, 0.29) is 5.91 Å². The first-order valence-electron chi connectivity index (χ1n) is 8.05. The molecule has 2 amide bonds. The van der Waals surface area contributed by atoms with Gasteiger partial charge in [-0.05, 0) is 30.7 Å². The summed E-state index contributed by atoms with van der Waals surface area (Å²) < 4.78 is 0. The van der Waals surface area contributed by atoms with Crippen molar-refractivity contribution in [3.8, 4) is 6.07 Å². The highest BCUT2D eigenvalue weighted by Gasteiger charge is 2.41. The molecule has 0 radical (unpaired) electrons. The predicted octanol–water partition coefficient (Wildman–Crippen LogP) is 3.61. The minimum Gasteiger partial charge on any atom is -0.328 e. The number of anilines is 1. The number of benzene rings is 2. The molecule has 1 aliphatic rings. The van der Waals surface area contributed by atoms with Crippen LogP contribution in [0.4, 0.5) is 5.69 Å². The minimum atomic E-state index is -1.05. The lowest BCUT2D eigenvalue weighted by Gasteiger charge is -2.31. The summed E-state index contributed by atoms with van der Waals surface area (Å²) in [6.45, 7) is 1.65. The minimum absolute atomic E-state index is 0.327. The summed E-state index contributed by atoms with van der Waals surface area (Å²) in [6.07, 6.45) is 0. The van der Waals surface area contributed by atoms with Crippen LogP contribution in [0.1, 0.15) is 18.4 Å². The van der Waals surface area contributed by atoms with Crippen molar-refractivity contribution >= 4 is 29.1 Å². The largest absolute Gasteiger partial charge is 0.328 e. The van der Waals surface area contributed by atoms with E-state index in [2.05, 4.69) is 10.6 Å². The van der Waals surface area contributed by atoms with Gasteiger partial charge in [-0.25, -0.2) is 0 Å². The van der Waals surface area contributed by atoms with Gasteiger partial charge in [-0.1, -0.05) is 48.0 Å². The molecular formula is C20H16ClN3O2. The Morgan fingerprint density at radius 3 is 2.46 bits per heavy atom. The lowest BCUT2D eigenvalue weighted by molar-refractivity contribution is -0.123. The van der Waals surface area contributed by atoms with Crippen molar-refractivity contribution < 1.29 is 9.59 Å². The molecule has 26 heavy (non-hydrogen) atoms. The molecule has 0 aliphatic carbocycles. The number of halogens is 1. The van der Waals surface area contributed by atoms with Gasteiger partial charge in [-0.2, -0.15) is 5.26 Å². The molecule has 2 aromatic carbocycles. The number of nitrogens with one attached hydrogen (secondary N) is 2. The van der Waals surface area contributed by atoms with Crippen LogP contribution in [0.5, 0.6) is 0 Å².